The first kappa shape index (κ1) is 77.7. The lowest BCUT2D eigenvalue weighted by atomic mass is 9.90. The number of aliphatic carboxylic acids is 1. The van der Waals surface area contributed by atoms with Gasteiger partial charge in [0.2, 0.25) is 35.4 Å². The van der Waals surface area contributed by atoms with Crippen molar-refractivity contribution in [1.82, 2.24) is 36.8 Å². The van der Waals surface area contributed by atoms with Gasteiger partial charge in [0.1, 0.15) is 18.4 Å². The van der Waals surface area contributed by atoms with Crippen molar-refractivity contribution in [3.05, 3.63) is 0 Å². The van der Waals surface area contributed by atoms with Crippen molar-refractivity contribution in [2.45, 2.75) is 167 Å². The Kier molecular flexibility index (Phi) is 38.7. The molecule has 492 valence electrons. The molecule has 0 aromatic rings. The Morgan fingerprint density at radius 1 is 0.621 bits per heavy atom. The lowest BCUT2D eigenvalue weighted by Gasteiger charge is -2.27. The molecule has 0 aromatic carbocycles. The molecule has 30 nitrogen and oxygen atoms in total. The molecule has 1 rings (SSSR count). The lowest BCUT2D eigenvalue weighted by Crippen LogP contribution is -2.52. The first-order chi connectivity index (χ1) is 41.1. The van der Waals surface area contributed by atoms with E-state index in [1.165, 1.54) is 30.6 Å². The summed E-state index contributed by atoms with van der Waals surface area (Å²) in [5.41, 5.74) is 32.8. The molecule has 1 aliphatic heterocycles. The van der Waals surface area contributed by atoms with Crippen molar-refractivity contribution in [3.8, 4) is 0 Å². The Bertz CT molecular complexity index is 2380. The molecule has 1 aliphatic rings. The number of carbonyl (C=O) groups is 12. The van der Waals surface area contributed by atoms with Gasteiger partial charge in [-0.3, -0.25) is 72.5 Å². The number of aliphatic imine (C=N–C) groups is 3. The zero-order valence-corrected chi connectivity index (χ0v) is 52.3. The molecular weight excluding hydrogens is 1150 g/mol. The summed E-state index contributed by atoms with van der Waals surface area (Å²) in [4.78, 5) is 172. The van der Waals surface area contributed by atoms with Gasteiger partial charge in [0.05, 0.1) is 30.7 Å². The minimum atomic E-state index is -1.11. The summed E-state index contributed by atoms with van der Waals surface area (Å²) < 4.78 is 5.54. The van der Waals surface area contributed by atoms with E-state index < -0.39 is 119 Å². The van der Waals surface area contributed by atoms with Crippen LogP contribution < -0.4 is 66.3 Å². The van der Waals surface area contributed by atoms with Crippen LogP contribution in [-0.4, -0.2) is 200 Å². The molecule has 1 heterocycles. The van der Waals surface area contributed by atoms with E-state index in [4.69, 9.17) is 44.2 Å². The summed E-state index contributed by atoms with van der Waals surface area (Å²) in [6, 6.07) is -4.61. The fraction of sp³-hybridized carbons (Fsp3) is 0.732. The largest absolute Gasteiger partial charge is 0.481 e. The quantitative estimate of drug-likeness (QED) is 0.0174. The first-order valence-corrected chi connectivity index (χ1v) is 31.0. The number of likely N-dealkylation sites (N-methyl/N-ethyl adjacent to an activating group) is 1. The highest BCUT2D eigenvalue weighted by Crippen LogP contribution is 2.21. The number of hydrogen-bond donors (Lipinski definition) is 13. The van der Waals surface area contributed by atoms with Crippen LogP contribution in [0.4, 0.5) is 0 Å². The first-order valence-electron chi connectivity index (χ1n) is 29.6. The van der Waals surface area contributed by atoms with Crippen molar-refractivity contribution >= 4 is 100.0 Å². The number of ketones is 5. The SMILES string of the molecule is CNC(=O)[C@@H](CCCN=C(N)N)CC(=O)[C@@H](CCCN=C(N)N)NC(=O)[C@@H](CCCN=C(N)N)CC(=O)CNC(=O)[C@H](C)CC(=O)[C@H](CSC)NC(=O)CCC(=O)[C@H](CC(C)C)NC(=O)[C@@H]1CCCN1C(=O)COCCCC(=O)[C@@H](CCC(=O)O)NC. The third-order valence-electron chi connectivity index (χ3n) is 14.3. The van der Waals surface area contributed by atoms with Crippen molar-refractivity contribution in [1.29, 1.82) is 0 Å². The molecule has 1 fully saturated rings. The van der Waals surface area contributed by atoms with E-state index >= 15 is 0 Å². The van der Waals surface area contributed by atoms with E-state index in [0.29, 0.717) is 25.7 Å². The maximum absolute atomic E-state index is 14.0. The number of ether oxygens (including phenoxy) is 1. The molecule has 19 N–H and O–H groups in total. The Morgan fingerprint density at radius 2 is 1.20 bits per heavy atom. The summed E-state index contributed by atoms with van der Waals surface area (Å²) in [5, 5.41) is 25.1. The number of carbonyl (C=O) groups excluding carboxylic acids is 11. The number of nitrogens with zero attached hydrogens (tertiary/aromatic N) is 4. The third-order valence-corrected chi connectivity index (χ3v) is 14.9. The number of carboxylic acid groups (broad SMARTS) is 1. The molecule has 0 saturated carbocycles. The second kappa shape index (κ2) is 43.4. The molecule has 31 heteroatoms. The highest BCUT2D eigenvalue weighted by Gasteiger charge is 2.37. The number of nitrogens with one attached hydrogen (secondary N) is 6. The van der Waals surface area contributed by atoms with Crippen molar-refractivity contribution in [2.75, 3.05) is 72.0 Å². The molecular formula is C56H98N16O14S. The summed E-state index contributed by atoms with van der Waals surface area (Å²) in [6.07, 6.45) is 3.03. The summed E-state index contributed by atoms with van der Waals surface area (Å²) in [6.45, 7) is 5.18. The normalized spacial score (nSPS) is 15.2. The molecule has 0 spiro atoms. The molecule has 0 aliphatic carbocycles. The number of hydrogen-bond acceptors (Lipinski definition) is 18. The van der Waals surface area contributed by atoms with Crippen LogP contribution in [0.5, 0.6) is 0 Å². The monoisotopic (exact) mass is 1250 g/mol. The van der Waals surface area contributed by atoms with Gasteiger partial charge in [-0.15, -0.1) is 0 Å². The lowest BCUT2D eigenvalue weighted by molar-refractivity contribution is -0.142. The smallest absolute Gasteiger partial charge is 0.303 e. The molecule has 0 unspecified atom stereocenters. The molecule has 0 aromatic heterocycles. The highest BCUT2D eigenvalue weighted by molar-refractivity contribution is 7.98. The van der Waals surface area contributed by atoms with Gasteiger partial charge in [-0.1, -0.05) is 20.8 Å². The van der Waals surface area contributed by atoms with Crippen molar-refractivity contribution in [2.24, 2.45) is 73.1 Å². The minimum Gasteiger partial charge on any atom is -0.481 e. The Labute approximate surface area is 514 Å². The third kappa shape index (κ3) is 33.4. The highest BCUT2D eigenvalue weighted by atomic mass is 32.2. The number of amides is 6. The van der Waals surface area contributed by atoms with Gasteiger partial charge in [0, 0.05) is 108 Å². The molecule has 0 radical (unpaired) electrons. The van der Waals surface area contributed by atoms with E-state index in [9.17, 15) is 57.5 Å². The number of nitrogens with two attached hydrogens (primary N) is 6. The predicted octanol–water partition coefficient (Wildman–Crippen LogP) is -2.22. The fourth-order valence-corrected chi connectivity index (χ4v) is 10.2. The molecule has 1 saturated heterocycles. The molecule has 0 bridgehead atoms. The maximum atomic E-state index is 14.0. The summed E-state index contributed by atoms with van der Waals surface area (Å²) in [7, 11) is 3.01. The average molecular weight is 1250 g/mol. The van der Waals surface area contributed by atoms with Crippen molar-refractivity contribution < 1.29 is 67.4 Å². The van der Waals surface area contributed by atoms with Crippen LogP contribution in [0.25, 0.3) is 0 Å². The van der Waals surface area contributed by atoms with Crippen molar-refractivity contribution in [3.63, 3.8) is 0 Å². The number of rotatable bonds is 48. The zero-order valence-electron chi connectivity index (χ0n) is 51.5. The Balaban J connectivity index is 2.98. The number of carboxylic acids is 1. The van der Waals surface area contributed by atoms with Gasteiger partial charge in [0.15, 0.2) is 41.0 Å². The maximum Gasteiger partial charge on any atom is 0.303 e. The summed E-state index contributed by atoms with van der Waals surface area (Å²) in [5.74, 6) is -9.57. The van der Waals surface area contributed by atoms with E-state index in [-0.39, 0.29) is 165 Å². The minimum absolute atomic E-state index is 0.0484. The number of likely N-dealkylation sites (tertiary alicyclic amines) is 1. The Morgan fingerprint density at radius 3 is 1.75 bits per heavy atom. The molecule has 6 amide bonds. The van der Waals surface area contributed by atoms with E-state index in [0.717, 1.165) is 0 Å². The second-order valence-electron chi connectivity index (χ2n) is 22.0. The van der Waals surface area contributed by atoms with Crippen LogP contribution >= 0.6 is 11.8 Å². The summed E-state index contributed by atoms with van der Waals surface area (Å²) >= 11 is 1.26. The fourth-order valence-electron chi connectivity index (χ4n) is 9.59. The van der Waals surface area contributed by atoms with Gasteiger partial charge >= 0.3 is 5.97 Å². The van der Waals surface area contributed by atoms with Gasteiger partial charge in [-0.25, -0.2) is 0 Å². The van der Waals surface area contributed by atoms with E-state index in [2.05, 4.69) is 46.9 Å². The van der Waals surface area contributed by atoms with E-state index in [1.807, 2.05) is 13.8 Å². The predicted molar refractivity (Wildman–Crippen MR) is 329 cm³/mol. The van der Waals surface area contributed by atoms with Gasteiger partial charge in [0.25, 0.3) is 0 Å². The molecule has 8 atom stereocenters. The number of guanidine groups is 3. The standard InChI is InChI=1S/C56H98N16O14S/c1-33(2)26-40(71-53(85)42-15-10-24-72(42)48(79)31-86-25-11-16-43(74)38(63-4)17-20-49(80)81)44(75)18-19-47(78)69-41(32-87-6)45(76)27-34(3)50(82)68-30-37(73)28-35(12-7-21-65-54(57)58)52(84)70-39(14-9-23-67-56(61)62)46(77)29-36(51(83)64-5)13-8-22-66-55(59)60/h33-36,38-42,63H,7-32H2,1-6H3,(H,64,83)(H,68,82)(H,69,78)(H,70,84)(H,71,85)(H,80,81)(H4,57,58,65)(H4,59,60,66)(H4,61,62,67)/t34-,35+,36+,38-,39-,40+,41+,42+/m1/s1. The number of thioether (sulfide) groups is 1. The van der Waals surface area contributed by atoms with Crippen LogP contribution in [0, 0.1) is 23.7 Å². The van der Waals surface area contributed by atoms with E-state index in [1.54, 1.807) is 13.3 Å². The van der Waals surface area contributed by atoms with Gasteiger partial charge < -0.3 is 81.0 Å². The van der Waals surface area contributed by atoms with Crippen LogP contribution in [0.3, 0.4) is 0 Å². The topological polar surface area (TPSA) is 503 Å². The van der Waals surface area contributed by atoms with Crippen LogP contribution in [0.1, 0.15) is 136 Å². The van der Waals surface area contributed by atoms with Crippen LogP contribution in [0.2, 0.25) is 0 Å². The second-order valence-corrected chi connectivity index (χ2v) is 22.9. The van der Waals surface area contributed by atoms with Crippen LogP contribution in [0.15, 0.2) is 15.0 Å². The molecule has 87 heavy (non-hydrogen) atoms. The number of Topliss-reactive ketones (excluding diaryl/α,β-unsaturated/α-hetero) is 5. The van der Waals surface area contributed by atoms with Gasteiger partial charge in [-0.05, 0) is 89.9 Å². The van der Waals surface area contributed by atoms with Gasteiger partial charge in [-0.2, -0.15) is 11.8 Å². The van der Waals surface area contributed by atoms with Crippen LogP contribution in [-0.2, 0) is 62.3 Å². The Hall–Kier alpha value is -7.28. The average Bonchev–Trinajstić information content (AvgIpc) is 3.05. The zero-order chi connectivity index (χ0) is 65.6.